The maximum absolute atomic E-state index is 13.9. The summed E-state index contributed by atoms with van der Waals surface area (Å²) in [6, 6.07) is 5.91. The number of aromatic nitrogens is 1. The Bertz CT molecular complexity index is 571. The van der Waals surface area contributed by atoms with Crippen LogP contribution in [0.5, 0.6) is 0 Å². The Morgan fingerprint density at radius 1 is 1.41 bits per heavy atom. The fourth-order valence-electron chi connectivity index (χ4n) is 3.04. The molecule has 0 spiro atoms. The lowest BCUT2D eigenvalue weighted by Gasteiger charge is -2.22. The van der Waals surface area contributed by atoms with Crippen molar-refractivity contribution in [1.82, 2.24) is 9.88 Å². The zero-order valence-corrected chi connectivity index (χ0v) is 10.3. The molecule has 0 bridgehead atoms. The SMILES string of the molecule is CNC1CCc2c(c3cccc(F)c3n2C)C1. The Kier molecular flexibility index (Phi) is 2.44. The minimum absolute atomic E-state index is 0.111. The van der Waals surface area contributed by atoms with Gasteiger partial charge in [-0.2, -0.15) is 0 Å². The van der Waals surface area contributed by atoms with Crippen molar-refractivity contribution in [2.75, 3.05) is 7.05 Å². The van der Waals surface area contributed by atoms with Gasteiger partial charge < -0.3 is 9.88 Å². The van der Waals surface area contributed by atoms with Crippen molar-refractivity contribution < 1.29 is 4.39 Å². The van der Waals surface area contributed by atoms with Gasteiger partial charge in [-0.3, -0.25) is 0 Å². The molecule has 2 aromatic rings. The number of halogens is 1. The van der Waals surface area contributed by atoms with E-state index in [0.717, 1.165) is 30.2 Å². The van der Waals surface area contributed by atoms with Gasteiger partial charge in [0.25, 0.3) is 0 Å². The number of likely N-dealkylation sites (N-methyl/N-ethyl adjacent to an activating group) is 1. The fraction of sp³-hybridized carbons (Fsp3) is 0.429. The van der Waals surface area contributed by atoms with E-state index >= 15 is 0 Å². The Balaban J connectivity index is 2.26. The average Bonchev–Trinajstić information content (AvgIpc) is 2.64. The van der Waals surface area contributed by atoms with Gasteiger partial charge in [0.2, 0.25) is 0 Å². The van der Waals surface area contributed by atoms with Crippen molar-refractivity contribution in [3.05, 3.63) is 35.3 Å². The largest absolute Gasteiger partial charge is 0.345 e. The summed E-state index contributed by atoms with van der Waals surface area (Å²) in [5.74, 6) is -0.111. The lowest BCUT2D eigenvalue weighted by Crippen LogP contribution is -2.31. The molecule has 1 aliphatic rings. The highest BCUT2D eigenvalue weighted by atomic mass is 19.1. The maximum atomic E-state index is 13.9. The second-order valence-corrected chi connectivity index (χ2v) is 4.85. The van der Waals surface area contributed by atoms with Gasteiger partial charge in [0, 0.05) is 24.2 Å². The summed E-state index contributed by atoms with van der Waals surface area (Å²) in [6.07, 6.45) is 3.17. The topological polar surface area (TPSA) is 17.0 Å². The highest BCUT2D eigenvalue weighted by Gasteiger charge is 2.24. The molecule has 3 heteroatoms. The van der Waals surface area contributed by atoms with Gasteiger partial charge in [0.05, 0.1) is 5.52 Å². The number of nitrogens with zero attached hydrogens (tertiary/aromatic N) is 1. The van der Waals surface area contributed by atoms with Crippen LogP contribution in [-0.2, 0) is 19.9 Å². The third-order valence-electron chi connectivity index (χ3n) is 3.99. The van der Waals surface area contributed by atoms with Crippen molar-refractivity contribution in [3.63, 3.8) is 0 Å². The van der Waals surface area contributed by atoms with Crippen molar-refractivity contribution in [2.45, 2.75) is 25.3 Å². The number of hydrogen-bond acceptors (Lipinski definition) is 1. The van der Waals surface area contributed by atoms with Crippen molar-refractivity contribution >= 4 is 10.9 Å². The first-order valence-corrected chi connectivity index (χ1v) is 6.14. The van der Waals surface area contributed by atoms with Crippen molar-refractivity contribution in [1.29, 1.82) is 0 Å². The number of para-hydroxylation sites is 1. The van der Waals surface area contributed by atoms with E-state index in [0.29, 0.717) is 6.04 Å². The predicted molar refractivity (Wildman–Crippen MR) is 67.7 cm³/mol. The molecule has 0 fully saturated rings. The second kappa shape index (κ2) is 3.84. The standard InChI is InChI=1S/C14H17FN2/c1-16-9-6-7-13-11(8-9)10-4-3-5-12(15)14(10)17(13)2/h3-5,9,16H,6-8H2,1-2H3. The number of rotatable bonds is 1. The molecule has 0 radical (unpaired) electrons. The van der Waals surface area contributed by atoms with Gasteiger partial charge in [-0.25, -0.2) is 4.39 Å². The molecule has 1 heterocycles. The highest BCUT2D eigenvalue weighted by Crippen LogP contribution is 2.32. The molecule has 1 N–H and O–H groups in total. The molecule has 0 saturated carbocycles. The molecule has 1 aliphatic carbocycles. The van der Waals surface area contributed by atoms with E-state index < -0.39 is 0 Å². The van der Waals surface area contributed by atoms with Gasteiger partial charge >= 0.3 is 0 Å². The van der Waals surface area contributed by atoms with Gasteiger partial charge in [-0.05, 0) is 37.9 Å². The highest BCUT2D eigenvalue weighted by molar-refractivity contribution is 5.86. The number of benzene rings is 1. The summed E-state index contributed by atoms with van der Waals surface area (Å²) in [5, 5.41) is 4.42. The van der Waals surface area contributed by atoms with E-state index in [1.807, 2.05) is 24.7 Å². The van der Waals surface area contributed by atoms with E-state index in [2.05, 4.69) is 5.32 Å². The number of nitrogens with one attached hydrogen (secondary N) is 1. The Morgan fingerprint density at radius 2 is 2.24 bits per heavy atom. The van der Waals surface area contributed by atoms with Crippen LogP contribution in [0.3, 0.4) is 0 Å². The first kappa shape index (κ1) is 10.8. The van der Waals surface area contributed by atoms with E-state index in [1.165, 1.54) is 11.3 Å². The van der Waals surface area contributed by atoms with Crippen LogP contribution in [0.4, 0.5) is 4.39 Å². The molecule has 1 atom stereocenters. The van der Waals surface area contributed by atoms with E-state index in [1.54, 1.807) is 12.1 Å². The molecule has 17 heavy (non-hydrogen) atoms. The lowest BCUT2D eigenvalue weighted by atomic mass is 9.91. The molecular weight excluding hydrogens is 215 g/mol. The number of hydrogen-bond donors (Lipinski definition) is 1. The van der Waals surface area contributed by atoms with Crippen LogP contribution in [0.2, 0.25) is 0 Å². The van der Waals surface area contributed by atoms with E-state index in [4.69, 9.17) is 0 Å². The number of aryl methyl sites for hydroxylation is 1. The first-order valence-electron chi connectivity index (χ1n) is 6.14. The summed E-state index contributed by atoms with van der Waals surface area (Å²) >= 11 is 0. The van der Waals surface area contributed by atoms with Crippen LogP contribution >= 0.6 is 0 Å². The second-order valence-electron chi connectivity index (χ2n) is 4.85. The van der Waals surface area contributed by atoms with Crippen molar-refractivity contribution in [2.24, 2.45) is 7.05 Å². The molecule has 1 aromatic carbocycles. The summed E-state index contributed by atoms with van der Waals surface area (Å²) < 4.78 is 15.9. The van der Waals surface area contributed by atoms with Crippen LogP contribution in [0, 0.1) is 5.82 Å². The van der Waals surface area contributed by atoms with Crippen LogP contribution in [0.1, 0.15) is 17.7 Å². The van der Waals surface area contributed by atoms with Crippen LogP contribution < -0.4 is 5.32 Å². The van der Waals surface area contributed by atoms with Crippen LogP contribution in [-0.4, -0.2) is 17.7 Å². The first-order chi connectivity index (χ1) is 8.22. The quantitative estimate of drug-likeness (QED) is 0.799. The Morgan fingerprint density at radius 3 is 3.00 bits per heavy atom. The smallest absolute Gasteiger partial charge is 0.147 e. The zero-order valence-electron chi connectivity index (χ0n) is 10.3. The molecule has 2 nitrogen and oxygen atoms in total. The minimum atomic E-state index is -0.111. The Hall–Kier alpha value is -1.35. The molecule has 1 aromatic heterocycles. The summed E-state index contributed by atoms with van der Waals surface area (Å²) in [6.45, 7) is 0. The summed E-state index contributed by atoms with van der Waals surface area (Å²) in [5.41, 5.74) is 3.39. The molecule has 90 valence electrons. The third kappa shape index (κ3) is 1.49. The van der Waals surface area contributed by atoms with Gasteiger partial charge in [0.1, 0.15) is 5.82 Å². The molecule has 3 rings (SSSR count). The molecular formula is C14H17FN2. The van der Waals surface area contributed by atoms with E-state index in [-0.39, 0.29) is 5.82 Å². The summed E-state index contributed by atoms with van der Waals surface area (Å²) in [7, 11) is 3.98. The van der Waals surface area contributed by atoms with Gasteiger partial charge in [-0.1, -0.05) is 12.1 Å². The zero-order chi connectivity index (χ0) is 12.0. The molecule has 0 saturated heterocycles. The van der Waals surface area contributed by atoms with E-state index in [9.17, 15) is 4.39 Å². The normalized spacial score (nSPS) is 19.6. The predicted octanol–water partition coefficient (Wildman–Crippen LogP) is 2.39. The molecule has 0 aliphatic heterocycles. The van der Waals surface area contributed by atoms with Gasteiger partial charge in [-0.15, -0.1) is 0 Å². The fourth-order valence-corrected chi connectivity index (χ4v) is 3.04. The minimum Gasteiger partial charge on any atom is -0.345 e. The van der Waals surface area contributed by atoms with Crippen molar-refractivity contribution in [3.8, 4) is 0 Å². The molecule has 0 amide bonds. The molecule has 1 unspecified atom stereocenters. The Labute approximate surface area is 100 Å². The van der Waals surface area contributed by atoms with Gasteiger partial charge in [0.15, 0.2) is 0 Å². The number of fused-ring (bicyclic) bond motifs is 3. The average molecular weight is 232 g/mol. The monoisotopic (exact) mass is 232 g/mol. The third-order valence-corrected chi connectivity index (χ3v) is 3.99. The van der Waals surface area contributed by atoms with Crippen LogP contribution in [0.15, 0.2) is 18.2 Å². The summed E-state index contributed by atoms with van der Waals surface area (Å²) in [4.78, 5) is 0. The van der Waals surface area contributed by atoms with Crippen LogP contribution in [0.25, 0.3) is 10.9 Å². The maximum Gasteiger partial charge on any atom is 0.147 e. The lowest BCUT2D eigenvalue weighted by molar-refractivity contribution is 0.488.